The lowest BCUT2D eigenvalue weighted by molar-refractivity contribution is -0.146. The van der Waals surface area contributed by atoms with Crippen molar-refractivity contribution in [3.63, 3.8) is 0 Å². The molecule has 6 atom stereocenters. The van der Waals surface area contributed by atoms with Gasteiger partial charge in [-0.25, -0.2) is 0 Å². The molecule has 18 heavy (non-hydrogen) atoms. The summed E-state index contributed by atoms with van der Waals surface area (Å²) in [5.74, 6) is 0.0345. The van der Waals surface area contributed by atoms with E-state index in [1.54, 1.807) is 0 Å². The third kappa shape index (κ3) is 1.19. The van der Waals surface area contributed by atoms with Gasteiger partial charge in [-0.1, -0.05) is 13.8 Å². The Labute approximate surface area is 107 Å². The minimum Gasteiger partial charge on any atom is -0.396 e. The van der Waals surface area contributed by atoms with Crippen LogP contribution in [0.1, 0.15) is 33.1 Å². The third-order valence-electron chi connectivity index (χ3n) is 6.21. The molecular weight excluding hydrogens is 232 g/mol. The molecule has 4 heteroatoms. The van der Waals surface area contributed by atoms with Crippen LogP contribution in [0.15, 0.2) is 0 Å². The molecular formula is C14H22O4. The molecule has 4 nitrogen and oxygen atoms in total. The molecule has 0 unspecified atom stereocenters. The highest BCUT2D eigenvalue weighted by Gasteiger charge is 2.78. The molecule has 0 aliphatic heterocycles. The first kappa shape index (κ1) is 12.6. The fourth-order valence-electron chi connectivity index (χ4n) is 4.86. The van der Waals surface area contributed by atoms with E-state index in [0.29, 0.717) is 12.8 Å². The predicted octanol–water partition coefficient (Wildman–Crippen LogP) is 0.343. The van der Waals surface area contributed by atoms with E-state index in [-0.39, 0.29) is 41.7 Å². The topological polar surface area (TPSA) is 77.8 Å². The van der Waals surface area contributed by atoms with Crippen molar-refractivity contribution >= 4 is 5.78 Å². The Hall–Kier alpha value is -0.450. The van der Waals surface area contributed by atoms with Crippen molar-refractivity contribution in [1.82, 2.24) is 0 Å². The number of aliphatic hydroxyl groups is 3. The van der Waals surface area contributed by atoms with Crippen LogP contribution < -0.4 is 0 Å². The van der Waals surface area contributed by atoms with Gasteiger partial charge in [0, 0.05) is 6.61 Å². The van der Waals surface area contributed by atoms with Crippen LogP contribution in [0.4, 0.5) is 0 Å². The molecule has 0 radical (unpaired) electrons. The summed E-state index contributed by atoms with van der Waals surface area (Å²) in [6, 6.07) is 0. The lowest BCUT2D eigenvalue weighted by Gasteiger charge is -2.38. The average Bonchev–Trinajstić information content (AvgIpc) is 2.83. The van der Waals surface area contributed by atoms with E-state index in [0.717, 1.165) is 6.42 Å². The Morgan fingerprint density at radius 2 is 1.89 bits per heavy atom. The fourth-order valence-corrected chi connectivity index (χ4v) is 4.86. The Morgan fingerprint density at radius 3 is 2.44 bits per heavy atom. The molecule has 3 fully saturated rings. The smallest absolute Gasteiger partial charge is 0.170 e. The number of aliphatic hydroxyl groups excluding tert-OH is 3. The van der Waals surface area contributed by atoms with Crippen LogP contribution in [0.5, 0.6) is 0 Å². The summed E-state index contributed by atoms with van der Waals surface area (Å²) >= 11 is 0. The summed E-state index contributed by atoms with van der Waals surface area (Å²) in [5.41, 5.74) is -1.06. The van der Waals surface area contributed by atoms with Crippen LogP contribution in [0.3, 0.4) is 0 Å². The maximum Gasteiger partial charge on any atom is 0.170 e. The summed E-state index contributed by atoms with van der Waals surface area (Å²) in [6.45, 7) is 4.03. The summed E-state index contributed by atoms with van der Waals surface area (Å²) in [7, 11) is 0. The molecule has 3 rings (SSSR count). The van der Waals surface area contributed by atoms with Crippen LogP contribution in [0.25, 0.3) is 0 Å². The molecule has 3 N–H and O–H groups in total. The molecule has 0 aromatic rings. The SMILES string of the molecule is C[C@@]1(CO)C[C@@H]2[C@@H](C1)[C@]1(C)C[C@]1(CO)C(=O)[C@@H]2O. The highest BCUT2D eigenvalue weighted by Crippen LogP contribution is 2.76. The van der Waals surface area contributed by atoms with Crippen molar-refractivity contribution in [2.24, 2.45) is 28.1 Å². The van der Waals surface area contributed by atoms with Crippen molar-refractivity contribution in [3.05, 3.63) is 0 Å². The van der Waals surface area contributed by atoms with Crippen LogP contribution in [0, 0.1) is 28.1 Å². The second kappa shape index (κ2) is 3.35. The Bertz CT molecular complexity index is 409. The first-order chi connectivity index (χ1) is 8.33. The number of carbonyl (C=O) groups excluding carboxylic acids is 1. The maximum atomic E-state index is 12.3. The zero-order valence-electron chi connectivity index (χ0n) is 11.0. The number of Topliss-reactive ketones (excluding diaryl/α,β-unsaturated/α-hetero) is 1. The van der Waals surface area contributed by atoms with Gasteiger partial charge in [0.25, 0.3) is 0 Å². The van der Waals surface area contributed by atoms with Gasteiger partial charge in [-0.3, -0.25) is 4.79 Å². The number of rotatable bonds is 2. The van der Waals surface area contributed by atoms with Crippen molar-refractivity contribution in [2.75, 3.05) is 13.2 Å². The predicted molar refractivity (Wildman–Crippen MR) is 64.7 cm³/mol. The minimum absolute atomic E-state index is 0.0400. The van der Waals surface area contributed by atoms with E-state index in [1.807, 2.05) is 6.92 Å². The van der Waals surface area contributed by atoms with Crippen molar-refractivity contribution in [3.8, 4) is 0 Å². The van der Waals surface area contributed by atoms with Crippen LogP contribution in [0.2, 0.25) is 0 Å². The highest BCUT2D eigenvalue weighted by atomic mass is 16.3. The molecule has 3 aliphatic carbocycles. The quantitative estimate of drug-likeness (QED) is 0.664. The lowest BCUT2D eigenvalue weighted by atomic mass is 9.67. The molecule has 0 amide bonds. The normalized spacial score (nSPS) is 58.3. The summed E-state index contributed by atoms with van der Waals surface area (Å²) in [5, 5.41) is 29.3. The molecule has 0 spiro atoms. The molecule has 3 saturated carbocycles. The molecule has 0 heterocycles. The van der Waals surface area contributed by atoms with Crippen LogP contribution >= 0.6 is 0 Å². The summed E-state index contributed by atoms with van der Waals surface area (Å²) < 4.78 is 0. The number of ketones is 1. The summed E-state index contributed by atoms with van der Waals surface area (Å²) in [4.78, 5) is 12.3. The van der Waals surface area contributed by atoms with Crippen molar-refractivity contribution in [2.45, 2.75) is 39.2 Å². The monoisotopic (exact) mass is 254 g/mol. The zero-order valence-corrected chi connectivity index (χ0v) is 11.0. The van der Waals surface area contributed by atoms with Gasteiger partial charge in [-0.05, 0) is 41.9 Å². The first-order valence-corrected chi connectivity index (χ1v) is 6.78. The molecule has 0 saturated heterocycles. The van der Waals surface area contributed by atoms with Gasteiger partial charge < -0.3 is 15.3 Å². The van der Waals surface area contributed by atoms with Crippen molar-refractivity contribution in [1.29, 1.82) is 0 Å². The molecule has 0 aromatic carbocycles. The second-order valence-electron chi connectivity index (χ2n) is 7.29. The summed E-state index contributed by atoms with van der Waals surface area (Å²) in [6.07, 6.45) is 1.29. The number of hydrogen-bond acceptors (Lipinski definition) is 4. The Morgan fingerprint density at radius 1 is 1.22 bits per heavy atom. The first-order valence-electron chi connectivity index (χ1n) is 6.78. The average molecular weight is 254 g/mol. The van der Waals surface area contributed by atoms with Crippen molar-refractivity contribution < 1.29 is 20.1 Å². The molecule has 3 aliphatic rings. The zero-order chi connectivity index (χ0) is 13.3. The minimum atomic E-state index is -0.953. The van der Waals surface area contributed by atoms with Gasteiger partial charge in [0.1, 0.15) is 6.10 Å². The van der Waals surface area contributed by atoms with Gasteiger partial charge >= 0.3 is 0 Å². The van der Waals surface area contributed by atoms with E-state index in [4.69, 9.17) is 0 Å². The van der Waals surface area contributed by atoms with E-state index < -0.39 is 11.5 Å². The van der Waals surface area contributed by atoms with E-state index >= 15 is 0 Å². The lowest BCUT2D eigenvalue weighted by Crippen LogP contribution is -2.48. The largest absolute Gasteiger partial charge is 0.396 e. The second-order valence-corrected chi connectivity index (χ2v) is 7.29. The Balaban J connectivity index is 1.98. The number of hydrogen-bond donors (Lipinski definition) is 3. The maximum absolute atomic E-state index is 12.3. The van der Waals surface area contributed by atoms with E-state index in [2.05, 4.69) is 6.92 Å². The van der Waals surface area contributed by atoms with Gasteiger partial charge in [0.2, 0.25) is 0 Å². The fraction of sp³-hybridized carbons (Fsp3) is 0.929. The van der Waals surface area contributed by atoms with Gasteiger partial charge in [0.05, 0.1) is 12.0 Å². The van der Waals surface area contributed by atoms with Gasteiger partial charge in [-0.15, -0.1) is 0 Å². The number of carbonyl (C=O) groups is 1. The molecule has 102 valence electrons. The molecule has 0 bridgehead atoms. The standard InChI is InChI=1S/C14H22O4/c1-12(6-15)3-8-9(4-12)13(2)5-14(13,7-16)11(18)10(8)17/h8-10,15-17H,3-7H2,1-2H3/t8-,9-,10-,12-,13+,14+/m1/s1. The molecule has 0 aromatic heterocycles. The van der Waals surface area contributed by atoms with E-state index in [1.165, 1.54) is 0 Å². The van der Waals surface area contributed by atoms with Gasteiger partial charge in [-0.2, -0.15) is 0 Å². The highest BCUT2D eigenvalue weighted by molar-refractivity contribution is 5.94. The van der Waals surface area contributed by atoms with Crippen LogP contribution in [-0.4, -0.2) is 40.4 Å². The third-order valence-corrected chi connectivity index (χ3v) is 6.21. The van der Waals surface area contributed by atoms with Crippen LogP contribution in [-0.2, 0) is 4.79 Å². The van der Waals surface area contributed by atoms with E-state index in [9.17, 15) is 20.1 Å². The Kier molecular flexibility index (Phi) is 2.34. The number of fused-ring (bicyclic) bond motifs is 3. The van der Waals surface area contributed by atoms with Gasteiger partial charge in [0.15, 0.2) is 5.78 Å².